The van der Waals surface area contributed by atoms with Crippen molar-refractivity contribution >= 4 is 21.6 Å². The van der Waals surface area contributed by atoms with E-state index in [0.717, 1.165) is 12.1 Å². The fourth-order valence-electron chi connectivity index (χ4n) is 1.94. The van der Waals surface area contributed by atoms with Crippen molar-refractivity contribution < 1.29 is 9.66 Å². The monoisotopic (exact) mass is 325 g/mol. The number of hydrogen-bond acceptors (Lipinski definition) is 5. The van der Waals surface area contributed by atoms with Crippen LogP contribution in [0.3, 0.4) is 0 Å². The lowest BCUT2D eigenvalue weighted by atomic mass is 10.1. The van der Waals surface area contributed by atoms with Crippen LogP contribution in [0.1, 0.15) is 5.56 Å². The first-order chi connectivity index (χ1) is 9.10. The highest BCUT2D eigenvalue weighted by molar-refractivity contribution is 9.10. The first-order valence-electron chi connectivity index (χ1n) is 5.76. The number of non-ortho nitro benzene ring substituents is 1. The number of benzene rings is 1. The highest BCUT2D eigenvalue weighted by Crippen LogP contribution is 2.24. The van der Waals surface area contributed by atoms with E-state index < -0.39 is 11.0 Å². The number of nitro groups is 1. The molecular formula is C12H12BrN3O3. The third-order valence-corrected chi connectivity index (χ3v) is 3.67. The third-order valence-electron chi connectivity index (χ3n) is 2.94. The predicted octanol–water partition coefficient (Wildman–Crippen LogP) is 2.08. The van der Waals surface area contributed by atoms with E-state index in [1.165, 1.54) is 12.1 Å². The van der Waals surface area contributed by atoms with Gasteiger partial charge in [-0.1, -0.05) is 15.9 Å². The third kappa shape index (κ3) is 3.50. The van der Waals surface area contributed by atoms with E-state index in [1.807, 2.05) is 0 Å². The Balaban J connectivity index is 2.07. The Kier molecular flexibility index (Phi) is 4.47. The average molecular weight is 326 g/mol. The Morgan fingerprint density at radius 3 is 3.05 bits per heavy atom. The molecule has 0 amide bonds. The van der Waals surface area contributed by atoms with E-state index >= 15 is 0 Å². The molecule has 0 bridgehead atoms. The lowest BCUT2D eigenvalue weighted by Crippen LogP contribution is -2.41. The van der Waals surface area contributed by atoms with Crippen molar-refractivity contribution in [1.82, 2.24) is 4.90 Å². The summed E-state index contributed by atoms with van der Waals surface area (Å²) in [6.07, 6.45) is -0.398. The molecule has 1 aromatic rings. The van der Waals surface area contributed by atoms with Crippen LogP contribution in [-0.2, 0) is 11.3 Å². The molecule has 0 N–H and O–H groups in total. The van der Waals surface area contributed by atoms with Crippen LogP contribution in [0.4, 0.5) is 5.69 Å². The van der Waals surface area contributed by atoms with Gasteiger partial charge in [0.05, 0.1) is 17.6 Å². The molecule has 0 spiro atoms. The molecule has 1 aromatic carbocycles. The lowest BCUT2D eigenvalue weighted by molar-refractivity contribution is -0.384. The van der Waals surface area contributed by atoms with Gasteiger partial charge in [-0.15, -0.1) is 0 Å². The van der Waals surface area contributed by atoms with Crippen molar-refractivity contribution in [3.63, 3.8) is 0 Å². The molecule has 1 aliphatic heterocycles. The highest BCUT2D eigenvalue weighted by atomic mass is 79.9. The molecule has 1 unspecified atom stereocenters. The molecule has 0 aliphatic carbocycles. The molecule has 7 heteroatoms. The summed E-state index contributed by atoms with van der Waals surface area (Å²) in [6, 6.07) is 6.81. The summed E-state index contributed by atoms with van der Waals surface area (Å²) >= 11 is 3.35. The van der Waals surface area contributed by atoms with Gasteiger partial charge in [-0.2, -0.15) is 5.26 Å². The van der Waals surface area contributed by atoms with Gasteiger partial charge in [-0.3, -0.25) is 15.0 Å². The Hall–Kier alpha value is -1.49. The Morgan fingerprint density at radius 2 is 2.42 bits per heavy atom. The molecular weight excluding hydrogens is 314 g/mol. The highest BCUT2D eigenvalue weighted by Gasteiger charge is 2.21. The predicted molar refractivity (Wildman–Crippen MR) is 71.4 cm³/mol. The molecule has 1 fully saturated rings. The van der Waals surface area contributed by atoms with E-state index in [-0.39, 0.29) is 5.69 Å². The SMILES string of the molecule is N#CC1CN(Cc2ccc([N+](=O)[O-])cc2Br)CCO1. The zero-order valence-corrected chi connectivity index (χ0v) is 11.7. The summed E-state index contributed by atoms with van der Waals surface area (Å²) in [6.45, 7) is 2.48. The second kappa shape index (κ2) is 6.10. The molecule has 2 rings (SSSR count). The summed E-state index contributed by atoms with van der Waals surface area (Å²) in [7, 11) is 0. The summed E-state index contributed by atoms with van der Waals surface area (Å²) in [4.78, 5) is 12.3. The number of morpholine rings is 1. The molecule has 100 valence electrons. The molecule has 6 nitrogen and oxygen atoms in total. The van der Waals surface area contributed by atoms with Crippen LogP contribution in [0.15, 0.2) is 22.7 Å². The van der Waals surface area contributed by atoms with Crippen molar-refractivity contribution in [3.05, 3.63) is 38.3 Å². The average Bonchev–Trinajstić information content (AvgIpc) is 2.41. The van der Waals surface area contributed by atoms with E-state index in [9.17, 15) is 10.1 Å². The zero-order valence-electron chi connectivity index (χ0n) is 10.1. The van der Waals surface area contributed by atoms with Crippen LogP contribution < -0.4 is 0 Å². The van der Waals surface area contributed by atoms with Crippen molar-refractivity contribution in [2.75, 3.05) is 19.7 Å². The van der Waals surface area contributed by atoms with Crippen LogP contribution in [0.5, 0.6) is 0 Å². The summed E-state index contributed by atoms with van der Waals surface area (Å²) in [5.41, 5.74) is 1.02. The van der Waals surface area contributed by atoms with E-state index in [1.54, 1.807) is 6.07 Å². The Bertz CT molecular complexity index is 529. The number of nitriles is 1. The van der Waals surface area contributed by atoms with E-state index in [2.05, 4.69) is 26.9 Å². The Labute approximate surface area is 118 Å². The standard InChI is InChI=1S/C12H12BrN3O3/c13-12-5-10(16(17)18)2-1-9(12)7-15-3-4-19-11(6-14)8-15/h1-2,5,11H,3-4,7-8H2. The first kappa shape index (κ1) is 13.9. The smallest absolute Gasteiger partial charge is 0.270 e. The fourth-order valence-corrected chi connectivity index (χ4v) is 2.44. The van der Waals surface area contributed by atoms with Gasteiger partial charge in [0.2, 0.25) is 0 Å². The number of ether oxygens (including phenoxy) is 1. The Morgan fingerprint density at radius 1 is 1.63 bits per heavy atom. The van der Waals surface area contributed by atoms with E-state index in [0.29, 0.717) is 24.2 Å². The second-order valence-corrected chi connectivity index (χ2v) is 5.11. The molecule has 1 heterocycles. The van der Waals surface area contributed by atoms with Crippen molar-refractivity contribution in [1.29, 1.82) is 5.26 Å². The topological polar surface area (TPSA) is 79.4 Å². The maximum absolute atomic E-state index is 10.7. The minimum atomic E-state index is -0.422. The number of rotatable bonds is 3. The van der Waals surface area contributed by atoms with Crippen LogP contribution in [0, 0.1) is 21.4 Å². The maximum Gasteiger partial charge on any atom is 0.270 e. The van der Waals surface area contributed by atoms with Gasteiger partial charge < -0.3 is 4.74 Å². The van der Waals surface area contributed by atoms with Crippen LogP contribution in [0.2, 0.25) is 0 Å². The van der Waals surface area contributed by atoms with Gasteiger partial charge in [0, 0.05) is 36.2 Å². The molecule has 0 aromatic heterocycles. The second-order valence-electron chi connectivity index (χ2n) is 4.26. The van der Waals surface area contributed by atoms with Crippen LogP contribution >= 0.6 is 15.9 Å². The van der Waals surface area contributed by atoms with Gasteiger partial charge in [0.1, 0.15) is 0 Å². The molecule has 1 saturated heterocycles. The van der Waals surface area contributed by atoms with Gasteiger partial charge in [-0.25, -0.2) is 0 Å². The number of hydrogen-bond donors (Lipinski definition) is 0. The van der Waals surface area contributed by atoms with Crippen LogP contribution in [0.25, 0.3) is 0 Å². The van der Waals surface area contributed by atoms with Gasteiger partial charge in [0.15, 0.2) is 6.10 Å². The maximum atomic E-state index is 10.7. The summed E-state index contributed by atoms with van der Waals surface area (Å²) < 4.78 is 5.98. The van der Waals surface area contributed by atoms with Gasteiger partial charge in [0.25, 0.3) is 5.69 Å². The lowest BCUT2D eigenvalue weighted by Gasteiger charge is -2.29. The molecule has 19 heavy (non-hydrogen) atoms. The minimum absolute atomic E-state index is 0.0625. The summed E-state index contributed by atoms with van der Waals surface area (Å²) in [5.74, 6) is 0. The number of nitro benzene ring substituents is 1. The number of nitrogens with zero attached hydrogens (tertiary/aromatic N) is 3. The molecule has 0 saturated carbocycles. The summed E-state index contributed by atoms with van der Waals surface area (Å²) in [5, 5.41) is 19.5. The largest absolute Gasteiger partial charge is 0.361 e. The quantitative estimate of drug-likeness (QED) is 0.628. The minimum Gasteiger partial charge on any atom is -0.361 e. The molecule has 0 radical (unpaired) electrons. The van der Waals surface area contributed by atoms with Crippen molar-refractivity contribution in [2.24, 2.45) is 0 Å². The van der Waals surface area contributed by atoms with Crippen molar-refractivity contribution in [3.8, 4) is 6.07 Å². The van der Waals surface area contributed by atoms with Crippen molar-refractivity contribution in [2.45, 2.75) is 12.6 Å². The number of halogens is 1. The normalized spacial score (nSPS) is 19.9. The van der Waals surface area contributed by atoms with Gasteiger partial charge >= 0.3 is 0 Å². The van der Waals surface area contributed by atoms with Crippen LogP contribution in [-0.4, -0.2) is 35.6 Å². The molecule has 1 aliphatic rings. The van der Waals surface area contributed by atoms with E-state index in [4.69, 9.17) is 10.00 Å². The van der Waals surface area contributed by atoms with Gasteiger partial charge in [-0.05, 0) is 11.6 Å². The zero-order chi connectivity index (χ0) is 13.8. The molecule has 1 atom stereocenters. The fraction of sp³-hybridized carbons (Fsp3) is 0.417. The first-order valence-corrected chi connectivity index (χ1v) is 6.56.